The topological polar surface area (TPSA) is 15.3 Å². The van der Waals surface area contributed by atoms with Crippen LogP contribution in [-0.4, -0.2) is 30.6 Å². The van der Waals surface area contributed by atoms with Gasteiger partial charge in [0.1, 0.15) is 0 Å². The number of benzene rings is 1. The second-order valence-corrected chi connectivity index (χ2v) is 6.07. The molecule has 1 aliphatic heterocycles. The molecule has 2 nitrogen and oxygen atoms in total. The van der Waals surface area contributed by atoms with Gasteiger partial charge in [0.15, 0.2) is 0 Å². The van der Waals surface area contributed by atoms with Crippen LogP contribution in [0.1, 0.15) is 38.3 Å². The monoisotopic (exact) mass is 300 g/mol. The molecule has 2 rings (SSSR count). The van der Waals surface area contributed by atoms with Crippen LogP contribution in [0.3, 0.4) is 0 Å². The van der Waals surface area contributed by atoms with Crippen LogP contribution in [0.5, 0.6) is 0 Å². The molecule has 0 radical (unpaired) electrons. The minimum Gasteiger partial charge on any atom is -0.313 e. The highest BCUT2D eigenvalue weighted by Crippen LogP contribution is 2.30. The van der Waals surface area contributed by atoms with Crippen LogP contribution < -0.4 is 5.32 Å². The van der Waals surface area contributed by atoms with Gasteiger partial charge in [0.25, 0.3) is 0 Å². The normalized spacial score (nSPS) is 21.0. The van der Waals surface area contributed by atoms with E-state index in [9.17, 15) is 0 Å². The molecule has 1 fully saturated rings. The number of likely N-dealkylation sites (N-methyl/N-ethyl adjacent to an activating group) is 1. The van der Waals surface area contributed by atoms with Crippen LogP contribution in [0, 0.1) is 0 Å². The number of hydrogen-bond donors (Lipinski definition) is 1. The van der Waals surface area contributed by atoms with Crippen LogP contribution in [-0.2, 0) is 0 Å². The van der Waals surface area contributed by atoms with Gasteiger partial charge in [-0.15, -0.1) is 0 Å². The quantitative estimate of drug-likeness (QED) is 0.879. The third-order valence-electron chi connectivity index (χ3n) is 3.98. The van der Waals surface area contributed by atoms with Crippen molar-refractivity contribution in [3.05, 3.63) is 33.8 Å². The molecule has 2 unspecified atom stereocenters. The fraction of sp³-hybridized carbons (Fsp3) is 0.600. The number of halogens is 2. The van der Waals surface area contributed by atoms with E-state index in [1.54, 1.807) is 0 Å². The summed E-state index contributed by atoms with van der Waals surface area (Å²) in [7, 11) is 0. The fourth-order valence-electron chi connectivity index (χ4n) is 2.79. The van der Waals surface area contributed by atoms with Crippen molar-refractivity contribution in [2.75, 3.05) is 19.6 Å². The molecule has 1 saturated heterocycles. The fourth-order valence-corrected chi connectivity index (χ4v) is 3.24. The van der Waals surface area contributed by atoms with Crippen molar-refractivity contribution in [2.24, 2.45) is 0 Å². The van der Waals surface area contributed by atoms with E-state index in [0.717, 1.165) is 35.2 Å². The van der Waals surface area contributed by atoms with Gasteiger partial charge in [0.2, 0.25) is 0 Å². The maximum absolute atomic E-state index is 6.31. The summed E-state index contributed by atoms with van der Waals surface area (Å²) in [4.78, 5) is 2.46. The lowest BCUT2D eigenvalue weighted by atomic mass is 10.1. The summed E-state index contributed by atoms with van der Waals surface area (Å²) >= 11 is 12.4. The molecule has 0 bridgehead atoms. The van der Waals surface area contributed by atoms with E-state index in [4.69, 9.17) is 23.2 Å². The van der Waals surface area contributed by atoms with Gasteiger partial charge in [-0.2, -0.15) is 0 Å². The van der Waals surface area contributed by atoms with Gasteiger partial charge in [-0.05, 0) is 56.6 Å². The Bertz CT molecular complexity index is 417. The average Bonchev–Trinajstić information content (AvgIpc) is 2.91. The standard InChI is InChI=1S/C15H22Cl2N2/c1-3-19(10-13-5-4-8-18-13)11(2)14-9-12(16)6-7-15(14)17/h6-7,9,11,13,18H,3-5,8,10H2,1-2H3. The lowest BCUT2D eigenvalue weighted by molar-refractivity contribution is 0.202. The molecule has 0 spiro atoms. The van der Waals surface area contributed by atoms with Gasteiger partial charge in [0, 0.05) is 28.7 Å². The minimum atomic E-state index is 0.290. The first-order valence-electron chi connectivity index (χ1n) is 7.04. The second kappa shape index (κ2) is 6.94. The Labute approximate surface area is 126 Å². The molecule has 0 amide bonds. The number of nitrogens with one attached hydrogen (secondary N) is 1. The molecule has 4 heteroatoms. The number of hydrogen-bond acceptors (Lipinski definition) is 2. The van der Waals surface area contributed by atoms with Gasteiger partial charge < -0.3 is 5.32 Å². The Morgan fingerprint density at radius 3 is 2.84 bits per heavy atom. The first-order valence-corrected chi connectivity index (χ1v) is 7.79. The van der Waals surface area contributed by atoms with Crippen LogP contribution >= 0.6 is 23.2 Å². The first kappa shape index (κ1) is 15.1. The lowest BCUT2D eigenvalue weighted by Crippen LogP contribution is -2.38. The van der Waals surface area contributed by atoms with Crippen LogP contribution in [0.4, 0.5) is 0 Å². The lowest BCUT2D eigenvalue weighted by Gasteiger charge is -2.31. The molecule has 1 N–H and O–H groups in total. The van der Waals surface area contributed by atoms with Crippen LogP contribution in [0.2, 0.25) is 10.0 Å². The van der Waals surface area contributed by atoms with Crippen molar-refractivity contribution < 1.29 is 0 Å². The Morgan fingerprint density at radius 2 is 2.21 bits per heavy atom. The summed E-state index contributed by atoms with van der Waals surface area (Å²) in [5.41, 5.74) is 1.12. The molecule has 1 aromatic carbocycles. The van der Waals surface area contributed by atoms with Crippen molar-refractivity contribution >= 4 is 23.2 Å². The zero-order valence-electron chi connectivity index (χ0n) is 11.6. The van der Waals surface area contributed by atoms with E-state index in [1.807, 2.05) is 18.2 Å². The molecule has 106 valence electrons. The molecule has 0 saturated carbocycles. The molecule has 1 heterocycles. The molecule has 1 aromatic rings. The third-order valence-corrected chi connectivity index (χ3v) is 4.56. The SMILES string of the molecule is CCN(CC1CCCN1)C(C)c1cc(Cl)ccc1Cl. The van der Waals surface area contributed by atoms with Gasteiger partial charge in [-0.25, -0.2) is 0 Å². The summed E-state index contributed by atoms with van der Waals surface area (Å²) in [6, 6.07) is 6.62. The molecule has 19 heavy (non-hydrogen) atoms. The van der Waals surface area contributed by atoms with Gasteiger partial charge in [-0.3, -0.25) is 4.90 Å². The molecular weight excluding hydrogens is 279 g/mol. The summed E-state index contributed by atoms with van der Waals surface area (Å²) in [6.07, 6.45) is 2.56. The second-order valence-electron chi connectivity index (χ2n) is 5.22. The Hall–Kier alpha value is -0.280. The summed E-state index contributed by atoms with van der Waals surface area (Å²) < 4.78 is 0. The predicted molar refractivity (Wildman–Crippen MR) is 83.1 cm³/mol. The molecule has 1 aliphatic rings. The molecule has 2 atom stereocenters. The van der Waals surface area contributed by atoms with E-state index in [0.29, 0.717) is 12.1 Å². The van der Waals surface area contributed by atoms with Crippen LogP contribution in [0.25, 0.3) is 0 Å². The van der Waals surface area contributed by atoms with Crippen molar-refractivity contribution in [3.8, 4) is 0 Å². The van der Waals surface area contributed by atoms with E-state index in [1.165, 1.54) is 12.8 Å². The van der Waals surface area contributed by atoms with Crippen molar-refractivity contribution in [2.45, 2.75) is 38.8 Å². The maximum Gasteiger partial charge on any atom is 0.0454 e. The van der Waals surface area contributed by atoms with Crippen molar-refractivity contribution in [3.63, 3.8) is 0 Å². The Kier molecular flexibility index (Phi) is 5.52. The van der Waals surface area contributed by atoms with E-state index in [-0.39, 0.29) is 0 Å². The molecule has 0 aromatic heterocycles. The summed E-state index contributed by atoms with van der Waals surface area (Å²) in [5.74, 6) is 0. The highest BCUT2D eigenvalue weighted by atomic mass is 35.5. The van der Waals surface area contributed by atoms with E-state index >= 15 is 0 Å². The van der Waals surface area contributed by atoms with Gasteiger partial charge in [-0.1, -0.05) is 30.1 Å². The largest absolute Gasteiger partial charge is 0.313 e. The van der Waals surface area contributed by atoms with Gasteiger partial charge >= 0.3 is 0 Å². The highest BCUT2D eigenvalue weighted by molar-refractivity contribution is 6.33. The minimum absolute atomic E-state index is 0.290. The zero-order valence-corrected chi connectivity index (χ0v) is 13.1. The number of rotatable bonds is 5. The van der Waals surface area contributed by atoms with Crippen LogP contribution in [0.15, 0.2) is 18.2 Å². The highest BCUT2D eigenvalue weighted by Gasteiger charge is 2.22. The average molecular weight is 301 g/mol. The molecular formula is C15H22Cl2N2. The maximum atomic E-state index is 6.31. The summed E-state index contributed by atoms with van der Waals surface area (Å²) in [6.45, 7) is 7.64. The van der Waals surface area contributed by atoms with Crippen molar-refractivity contribution in [1.29, 1.82) is 0 Å². The third kappa shape index (κ3) is 3.85. The first-order chi connectivity index (χ1) is 9.11. The zero-order chi connectivity index (χ0) is 13.8. The van der Waals surface area contributed by atoms with Gasteiger partial charge in [0.05, 0.1) is 0 Å². The number of nitrogens with zero attached hydrogens (tertiary/aromatic N) is 1. The summed E-state index contributed by atoms with van der Waals surface area (Å²) in [5, 5.41) is 5.10. The van der Waals surface area contributed by atoms with Crippen molar-refractivity contribution in [1.82, 2.24) is 10.2 Å². The predicted octanol–water partition coefficient (Wildman–Crippen LogP) is 4.13. The molecule has 0 aliphatic carbocycles. The smallest absolute Gasteiger partial charge is 0.0454 e. The van der Waals surface area contributed by atoms with E-state index < -0.39 is 0 Å². The van der Waals surface area contributed by atoms with E-state index in [2.05, 4.69) is 24.1 Å². The Morgan fingerprint density at radius 1 is 1.42 bits per heavy atom. The Balaban J connectivity index is 2.10.